The number of anilines is 2. The highest BCUT2D eigenvalue weighted by molar-refractivity contribution is 5.66. The first kappa shape index (κ1) is 14.1. The monoisotopic (exact) mass is 288 g/mol. The molecule has 0 aromatic carbocycles. The molecular formula is C15H24N6. The van der Waals surface area contributed by atoms with Crippen molar-refractivity contribution in [1.29, 1.82) is 0 Å². The summed E-state index contributed by atoms with van der Waals surface area (Å²) in [6.07, 6.45) is 11.9. The van der Waals surface area contributed by atoms with Crippen LogP contribution in [0.2, 0.25) is 0 Å². The number of hydrazine groups is 1. The zero-order valence-corrected chi connectivity index (χ0v) is 12.8. The van der Waals surface area contributed by atoms with Crippen molar-refractivity contribution in [2.24, 2.45) is 11.8 Å². The first-order chi connectivity index (χ1) is 10.2. The Morgan fingerprint density at radius 1 is 1.38 bits per heavy atom. The second kappa shape index (κ2) is 5.89. The molecule has 2 heterocycles. The normalized spacial score (nSPS) is 22.4. The van der Waals surface area contributed by atoms with E-state index < -0.39 is 0 Å². The molecule has 6 heteroatoms. The van der Waals surface area contributed by atoms with Gasteiger partial charge in [0, 0.05) is 25.5 Å². The highest BCUT2D eigenvalue weighted by Gasteiger charge is 2.25. The van der Waals surface area contributed by atoms with E-state index in [4.69, 9.17) is 5.84 Å². The molecule has 1 saturated carbocycles. The highest BCUT2D eigenvalue weighted by atomic mass is 15.3. The van der Waals surface area contributed by atoms with E-state index >= 15 is 0 Å². The van der Waals surface area contributed by atoms with E-state index in [0.717, 1.165) is 17.4 Å². The van der Waals surface area contributed by atoms with Crippen LogP contribution in [0.25, 0.3) is 5.65 Å². The number of nitrogens with two attached hydrogens (primary N) is 1. The standard InChI is InChI=1S/C15H24N6/c1-3-11-4-6-12(7-5-11)20(2)15-14-17-8-9-21(14)10-13(18-15)19-16/h8-12,19H,3-7,16H2,1-2H3. The van der Waals surface area contributed by atoms with Crippen LogP contribution in [-0.2, 0) is 0 Å². The first-order valence-electron chi connectivity index (χ1n) is 7.76. The maximum Gasteiger partial charge on any atom is 0.180 e. The average Bonchev–Trinajstić information content (AvgIpc) is 3.01. The maximum atomic E-state index is 5.53. The topological polar surface area (TPSA) is 71.5 Å². The van der Waals surface area contributed by atoms with E-state index in [1.165, 1.54) is 32.1 Å². The second-order valence-electron chi connectivity index (χ2n) is 5.95. The van der Waals surface area contributed by atoms with Crippen LogP contribution in [0.4, 0.5) is 11.6 Å². The van der Waals surface area contributed by atoms with Gasteiger partial charge in [-0.2, -0.15) is 0 Å². The van der Waals surface area contributed by atoms with Gasteiger partial charge in [0.05, 0.1) is 6.20 Å². The van der Waals surface area contributed by atoms with Crippen LogP contribution in [0.1, 0.15) is 39.0 Å². The van der Waals surface area contributed by atoms with Gasteiger partial charge in [-0.1, -0.05) is 13.3 Å². The van der Waals surface area contributed by atoms with Crippen molar-refractivity contribution < 1.29 is 0 Å². The highest BCUT2D eigenvalue weighted by Crippen LogP contribution is 2.32. The number of rotatable bonds is 4. The number of imidazole rings is 1. The van der Waals surface area contributed by atoms with E-state index in [2.05, 4.69) is 34.3 Å². The van der Waals surface area contributed by atoms with E-state index in [-0.39, 0.29) is 0 Å². The van der Waals surface area contributed by atoms with Crippen LogP contribution in [-0.4, -0.2) is 27.5 Å². The largest absolute Gasteiger partial charge is 0.354 e. The zero-order chi connectivity index (χ0) is 14.8. The summed E-state index contributed by atoms with van der Waals surface area (Å²) in [5.41, 5.74) is 3.52. The molecule has 0 atom stereocenters. The Kier molecular flexibility index (Phi) is 3.96. The van der Waals surface area contributed by atoms with Crippen molar-refractivity contribution >= 4 is 17.3 Å². The molecule has 6 nitrogen and oxygen atoms in total. The average molecular weight is 288 g/mol. The van der Waals surface area contributed by atoms with Gasteiger partial charge >= 0.3 is 0 Å². The molecule has 0 radical (unpaired) electrons. The molecule has 1 aliphatic carbocycles. The summed E-state index contributed by atoms with van der Waals surface area (Å²) < 4.78 is 1.96. The molecule has 0 bridgehead atoms. The third-order valence-corrected chi connectivity index (χ3v) is 4.78. The van der Waals surface area contributed by atoms with Gasteiger partial charge in [-0.25, -0.2) is 15.8 Å². The molecule has 0 amide bonds. The van der Waals surface area contributed by atoms with Crippen LogP contribution in [0, 0.1) is 5.92 Å². The Morgan fingerprint density at radius 2 is 2.14 bits per heavy atom. The number of aromatic nitrogens is 3. The van der Waals surface area contributed by atoms with Crippen molar-refractivity contribution in [3.8, 4) is 0 Å². The minimum atomic E-state index is 0.536. The Bertz CT molecular complexity index is 599. The fraction of sp³-hybridized carbons (Fsp3) is 0.600. The lowest BCUT2D eigenvalue weighted by atomic mass is 9.84. The number of nitrogens with one attached hydrogen (secondary N) is 1. The van der Waals surface area contributed by atoms with Gasteiger partial charge in [0.1, 0.15) is 0 Å². The minimum absolute atomic E-state index is 0.536. The van der Waals surface area contributed by atoms with Crippen LogP contribution in [0.5, 0.6) is 0 Å². The minimum Gasteiger partial charge on any atom is -0.354 e. The SMILES string of the molecule is CCC1CCC(N(C)c2nc(NN)cn3ccnc23)CC1. The van der Waals surface area contributed by atoms with Gasteiger partial charge in [0.25, 0.3) is 0 Å². The fourth-order valence-corrected chi connectivity index (χ4v) is 3.33. The molecule has 2 aromatic rings. The molecule has 0 aliphatic heterocycles. The number of hydrogen-bond donors (Lipinski definition) is 2. The Morgan fingerprint density at radius 3 is 2.81 bits per heavy atom. The van der Waals surface area contributed by atoms with Crippen molar-refractivity contribution in [3.63, 3.8) is 0 Å². The summed E-state index contributed by atoms with van der Waals surface area (Å²) >= 11 is 0. The molecule has 1 fully saturated rings. The molecule has 114 valence electrons. The molecule has 0 spiro atoms. The van der Waals surface area contributed by atoms with Gasteiger partial charge in [0.2, 0.25) is 0 Å². The second-order valence-corrected chi connectivity index (χ2v) is 5.95. The number of fused-ring (bicyclic) bond motifs is 1. The van der Waals surface area contributed by atoms with Crippen molar-refractivity contribution in [3.05, 3.63) is 18.6 Å². The summed E-state index contributed by atoms with van der Waals surface area (Å²) in [7, 11) is 2.12. The van der Waals surface area contributed by atoms with E-state index in [0.29, 0.717) is 11.9 Å². The van der Waals surface area contributed by atoms with Crippen LogP contribution >= 0.6 is 0 Å². The lowest BCUT2D eigenvalue weighted by Crippen LogP contribution is -2.36. The summed E-state index contributed by atoms with van der Waals surface area (Å²) in [4.78, 5) is 11.3. The molecule has 2 aromatic heterocycles. The molecule has 3 N–H and O–H groups in total. The maximum absolute atomic E-state index is 5.53. The Hall–Kier alpha value is -1.82. The third kappa shape index (κ3) is 2.68. The van der Waals surface area contributed by atoms with Crippen LogP contribution in [0.15, 0.2) is 18.6 Å². The number of nitrogens with zero attached hydrogens (tertiary/aromatic N) is 4. The van der Waals surface area contributed by atoms with E-state index in [1.807, 2.05) is 16.8 Å². The Labute approximate surface area is 125 Å². The third-order valence-electron chi connectivity index (χ3n) is 4.78. The van der Waals surface area contributed by atoms with Crippen molar-refractivity contribution in [2.45, 2.75) is 45.1 Å². The molecule has 1 aliphatic rings. The molecular weight excluding hydrogens is 264 g/mol. The predicted molar refractivity (Wildman–Crippen MR) is 85.2 cm³/mol. The van der Waals surface area contributed by atoms with Gasteiger partial charge in [-0.05, 0) is 31.6 Å². The van der Waals surface area contributed by atoms with E-state index in [1.54, 1.807) is 6.20 Å². The summed E-state index contributed by atoms with van der Waals surface area (Å²) in [6, 6.07) is 0.536. The lowest BCUT2D eigenvalue weighted by molar-refractivity contribution is 0.313. The Balaban J connectivity index is 1.87. The molecule has 0 saturated heterocycles. The zero-order valence-electron chi connectivity index (χ0n) is 12.8. The number of hydrogen-bond acceptors (Lipinski definition) is 5. The predicted octanol–water partition coefficient (Wildman–Crippen LogP) is 2.42. The molecule has 21 heavy (non-hydrogen) atoms. The van der Waals surface area contributed by atoms with Crippen molar-refractivity contribution in [1.82, 2.24) is 14.4 Å². The molecule has 3 rings (SSSR count). The summed E-state index contributed by atoms with van der Waals surface area (Å²) in [5.74, 6) is 7.98. The van der Waals surface area contributed by atoms with Gasteiger partial charge in [0.15, 0.2) is 17.3 Å². The summed E-state index contributed by atoms with van der Waals surface area (Å²) in [5, 5.41) is 0. The van der Waals surface area contributed by atoms with Crippen molar-refractivity contribution in [2.75, 3.05) is 17.4 Å². The van der Waals surface area contributed by atoms with E-state index in [9.17, 15) is 0 Å². The molecule has 0 unspecified atom stereocenters. The van der Waals surface area contributed by atoms with Gasteiger partial charge < -0.3 is 14.7 Å². The van der Waals surface area contributed by atoms with Gasteiger partial charge in [-0.15, -0.1) is 0 Å². The lowest BCUT2D eigenvalue weighted by Gasteiger charge is -2.35. The fourth-order valence-electron chi connectivity index (χ4n) is 3.33. The first-order valence-corrected chi connectivity index (χ1v) is 7.76. The quantitative estimate of drug-likeness (QED) is 0.668. The van der Waals surface area contributed by atoms with Crippen LogP contribution < -0.4 is 16.2 Å². The van der Waals surface area contributed by atoms with Gasteiger partial charge in [-0.3, -0.25) is 0 Å². The smallest absolute Gasteiger partial charge is 0.180 e. The number of nitrogen functional groups attached to an aromatic ring is 1. The van der Waals surface area contributed by atoms with Crippen LogP contribution in [0.3, 0.4) is 0 Å². The summed E-state index contributed by atoms with van der Waals surface area (Å²) in [6.45, 7) is 2.29.